The molecule has 1 aliphatic rings. The van der Waals surface area contributed by atoms with E-state index in [1.807, 2.05) is 0 Å². The second kappa shape index (κ2) is 8.46. The minimum absolute atomic E-state index is 0.0427. The molecule has 2 aromatic rings. The Balaban J connectivity index is 1.86. The molecule has 1 fully saturated rings. The lowest BCUT2D eigenvalue weighted by atomic mass is 10.1. The molecule has 3 rings (SSSR count). The number of carbonyl (C=O) groups excluding carboxylic acids is 1. The highest BCUT2D eigenvalue weighted by atomic mass is 79.9. The third kappa shape index (κ3) is 4.81. The number of amidine groups is 1. The number of nitrogens with zero attached hydrogens (tertiary/aromatic N) is 2. The minimum atomic E-state index is -4.01. The van der Waals surface area contributed by atoms with Crippen LogP contribution < -0.4 is 9.50 Å². The van der Waals surface area contributed by atoms with Gasteiger partial charge >= 0.3 is 10.1 Å². The number of rotatable bonds is 5. The second-order valence-electron chi connectivity index (χ2n) is 5.88. The van der Waals surface area contributed by atoms with Gasteiger partial charge < -0.3 is 9.50 Å². The number of hydrogen-bond donors (Lipinski definition) is 1. The van der Waals surface area contributed by atoms with Crippen molar-refractivity contribution in [1.82, 2.24) is 5.32 Å². The maximum atomic E-state index is 12.6. The maximum Gasteiger partial charge on any atom is 0.339 e. The summed E-state index contributed by atoms with van der Waals surface area (Å²) in [7, 11) is -4.01. The lowest BCUT2D eigenvalue weighted by Crippen LogP contribution is -2.23. The number of aryl methyl sites for hydroxylation is 1. The minimum Gasteiger partial charge on any atom is -0.378 e. The zero-order chi connectivity index (χ0) is 20.3. The van der Waals surface area contributed by atoms with Gasteiger partial charge in [-0.2, -0.15) is 13.5 Å². The van der Waals surface area contributed by atoms with Gasteiger partial charge in [0.1, 0.15) is 4.90 Å². The zero-order valence-electron chi connectivity index (χ0n) is 14.9. The van der Waals surface area contributed by atoms with Crippen LogP contribution in [0.15, 0.2) is 62.0 Å². The zero-order valence-corrected chi connectivity index (χ0v) is 18.1. The van der Waals surface area contributed by atoms with Crippen molar-refractivity contribution < 1.29 is 17.4 Å². The van der Waals surface area contributed by atoms with Gasteiger partial charge in [0.25, 0.3) is 0 Å². The molecule has 1 unspecified atom stereocenters. The molecule has 1 atom stereocenters. The molecule has 0 aromatic heterocycles. The molecule has 7 nitrogen and oxygen atoms in total. The van der Waals surface area contributed by atoms with Crippen molar-refractivity contribution in [2.75, 3.05) is 0 Å². The van der Waals surface area contributed by atoms with Crippen LogP contribution in [0.5, 0.6) is 5.75 Å². The summed E-state index contributed by atoms with van der Waals surface area (Å²) in [5.41, 5.74) is 1.09. The van der Waals surface area contributed by atoms with Gasteiger partial charge in [-0.15, -0.1) is 5.10 Å². The van der Waals surface area contributed by atoms with E-state index in [0.29, 0.717) is 16.3 Å². The Kier molecular flexibility index (Phi) is 6.21. The first-order chi connectivity index (χ1) is 13.3. The Morgan fingerprint density at radius 3 is 2.57 bits per heavy atom. The Bertz CT molecular complexity index is 1070. The van der Waals surface area contributed by atoms with Crippen molar-refractivity contribution in [3.05, 3.63) is 58.1 Å². The summed E-state index contributed by atoms with van der Waals surface area (Å²) in [6.07, 6.45) is 1.39. The van der Waals surface area contributed by atoms with Crippen molar-refractivity contribution in [3.8, 4) is 5.75 Å². The van der Waals surface area contributed by atoms with Crippen LogP contribution in [-0.4, -0.2) is 31.0 Å². The van der Waals surface area contributed by atoms with Gasteiger partial charge in [0.15, 0.2) is 10.9 Å². The SMILES string of the molecule is Cc1cccc(C=N/N=C2/NC(=O)C(C)S2)c1OS(=O)(=O)c1ccc(Br)cc1. The van der Waals surface area contributed by atoms with E-state index in [2.05, 4.69) is 31.4 Å². The number of benzene rings is 2. The van der Waals surface area contributed by atoms with Gasteiger partial charge in [-0.25, -0.2) is 0 Å². The highest BCUT2D eigenvalue weighted by Crippen LogP contribution is 2.27. The molecule has 28 heavy (non-hydrogen) atoms. The molecule has 0 bridgehead atoms. The lowest BCUT2D eigenvalue weighted by molar-refractivity contribution is -0.118. The van der Waals surface area contributed by atoms with Gasteiger partial charge in [-0.3, -0.25) is 4.79 Å². The molecule has 0 aliphatic carbocycles. The second-order valence-corrected chi connectivity index (χ2v) is 9.68. The third-order valence-corrected chi connectivity index (χ3v) is 6.51. The standard InChI is InChI=1S/C18H16BrN3O4S2/c1-11-4-3-5-13(10-20-22-18-21-17(23)12(2)27-18)16(11)26-28(24,25)15-8-6-14(19)7-9-15/h3-10,12H,1-2H3,(H,21,22,23). The summed E-state index contributed by atoms with van der Waals surface area (Å²) in [5.74, 6) is 0.0463. The Morgan fingerprint density at radius 1 is 1.21 bits per heavy atom. The molecule has 1 N–H and O–H groups in total. The third-order valence-electron chi connectivity index (χ3n) is 3.77. The largest absolute Gasteiger partial charge is 0.378 e. The molecule has 146 valence electrons. The number of hydrogen-bond acceptors (Lipinski definition) is 7. The number of para-hydroxylation sites is 1. The van der Waals surface area contributed by atoms with E-state index >= 15 is 0 Å². The van der Waals surface area contributed by atoms with Gasteiger partial charge in [0, 0.05) is 10.0 Å². The van der Waals surface area contributed by atoms with Crippen LogP contribution >= 0.6 is 27.7 Å². The van der Waals surface area contributed by atoms with Crippen LogP contribution in [0, 0.1) is 6.92 Å². The fraction of sp³-hybridized carbons (Fsp3) is 0.167. The summed E-state index contributed by atoms with van der Waals surface area (Å²) < 4.78 is 31.4. The predicted molar refractivity (Wildman–Crippen MR) is 113 cm³/mol. The summed E-state index contributed by atoms with van der Waals surface area (Å²) in [5, 5.41) is 10.7. The number of amides is 1. The molecule has 1 saturated heterocycles. The van der Waals surface area contributed by atoms with E-state index in [-0.39, 0.29) is 21.8 Å². The number of nitrogens with one attached hydrogen (secondary N) is 1. The van der Waals surface area contributed by atoms with Crippen LogP contribution in [0.25, 0.3) is 0 Å². The number of halogens is 1. The van der Waals surface area contributed by atoms with Crippen LogP contribution in [0.1, 0.15) is 18.1 Å². The molecule has 0 spiro atoms. The van der Waals surface area contributed by atoms with E-state index in [0.717, 1.165) is 4.47 Å². The van der Waals surface area contributed by atoms with Crippen LogP contribution in [0.2, 0.25) is 0 Å². The monoisotopic (exact) mass is 481 g/mol. The number of carbonyl (C=O) groups is 1. The van der Waals surface area contributed by atoms with Gasteiger partial charge in [-0.05, 0) is 49.7 Å². The molecule has 0 saturated carbocycles. The van der Waals surface area contributed by atoms with Gasteiger partial charge in [0.2, 0.25) is 5.91 Å². The summed E-state index contributed by atoms with van der Waals surface area (Å²) in [6.45, 7) is 3.51. The summed E-state index contributed by atoms with van der Waals surface area (Å²) in [4.78, 5) is 11.5. The molecule has 1 amide bonds. The van der Waals surface area contributed by atoms with Crippen molar-refractivity contribution in [1.29, 1.82) is 0 Å². The number of thioether (sulfide) groups is 1. The average Bonchev–Trinajstić information content (AvgIpc) is 2.96. The molecule has 1 aliphatic heterocycles. The Hall–Kier alpha value is -2.17. The molecule has 10 heteroatoms. The van der Waals surface area contributed by atoms with Gasteiger partial charge in [0.05, 0.1) is 11.5 Å². The molecule has 2 aromatic carbocycles. The normalized spacial score (nSPS) is 18.6. The van der Waals surface area contributed by atoms with E-state index in [4.69, 9.17) is 4.18 Å². The summed E-state index contributed by atoms with van der Waals surface area (Å²) in [6, 6.07) is 11.3. The smallest absolute Gasteiger partial charge is 0.339 e. The molecular formula is C18H16BrN3O4S2. The molecule has 1 heterocycles. The maximum absolute atomic E-state index is 12.6. The van der Waals surface area contributed by atoms with E-state index < -0.39 is 10.1 Å². The fourth-order valence-corrected chi connectivity index (χ4v) is 4.33. The highest BCUT2D eigenvalue weighted by Gasteiger charge is 2.25. The van der Waals surface area contributed by atoms with Crippen molar-refractivity contribution in [2.24, 2.45) is 10.2 Å². The quantitative estimate of drug-likeness (QED) is 0.400. The predicted octanol–water partition coefficient (Wildman–Crippen LogP) is 3.47. The first-order valence-electron chi connectivity index (χ1n) is 8.14. The van der Waals surface area contributed by atoms with Crippen molar-refractivity contribution >= 4 is 55.1 Å². The van der Waals surface area contributed by atoms with Gasteiger partial charge in [-0.1, -0.05) is 39.8 Å². The van der Waals surface area contributed by atoms with Crippen LogP contribution in [0.4, 0.5) is 0 Å². The van der Waals surface area contributed by atoms with E-state index in [1.54, 1.807) is 44.2 Å². The van der Waals surface area contributed by atoms with E-state index in [9.17, 15) is 13.2 Å². The highest BCUT2D eigenvalue weighted by molar-refractivity contribution is 9.10. The fourth-order valence-electron chi connectivity index (χ4n) is 2.30. The average molecular weight is 482 g/mol. The topological polar surface area (TPSA) is 97.2 Å². The summed E-state index contributed by atoms with van der Waals surface area (Å²) >= 11 is 4.54. The van der Waals surface area contributed by atoms with E-state index in [1.165, 1.54) is 30.1 Å². The molecule has 0 radical (unpaired) electrons. The Labute approximate surface area is 175 Å². The first-order valence-corrected chi connectivity index (χ1v) is 11.2. The van der Waals surface area contributed by atoms with Crippen LogP contribution in [-0.2, 0) is 14.9 Å². The van der Waals surface area contributed by atoms with Crippen molar-refractivity contribution in [3.63, 3.8) is 0 Å². The Morgan fingerprint density at radius 2 is 1.93 bits per heavy atom. The van der Waals surface area contributed by atoms with Crippen LogP contribution in [0.3, 0.4) is 0 Å². The van der Waals surface area contributed by atoms with Crippen molar-refractivity contribution in [2.45, 2.75) is 24.0 Å². The lowest BCUT2D eigenvalue weighted by Gasteiger charge is -2.11. The first kappa shape index (κ1) is 20.6. The molecular weight excluding hydrogens is 466 g/mol.